The lowest BCUT2D eigenvalue weighted by atomic mass is 10.1. The van der Waals surface area contributed by atoms with E-state index in [-0.39, 0.29) is 5.97 Å². The molecule has 2 saturated heterocycles. The molecule has 20 heavy (non-hydrogen) atoms. The van der Waals surface area contributed by atoms with E-state index in [1.807, 2.05) is 0 Å². The van der Waals surface area contributed by atoms with Gasteiger partial charge in [-0.15, -0.1) is 0 Å². The van der Waals surface area contributed by atoms with Crippen LogP contribution in [0.3, 0.4) is 0 Å². The van der Waals surface area contributed by atoms with Crippen LogP contribution in [0.2, 0.25) is 0 Å². The number of nitrogens with one attached hydrogen (secondary N) is 1. The van der Waals surface area contributed by atoms with Crippen molar-refractivity contribution in [1.82, 2.24) is 15.1 Å². The van der Waals surface area contributed by atoms with E-state index in [1.165, 1.54) is 19.3 Å². The zero-order valence-corrected chi connectivity index (χ0v) is 12.6. The molecule has 2 aliphatic heterocycles. The highest BCUT2D eigenvalue weighted by molar-refractivity contribution is 5.71. The first kappa shape index (κ1) is 15.7. The molecule has 0 spiro atoms. The lowest BCUT2D eigenvalue weighted by molar-refractivity contribution is -0.145. The molecule has 0 aromatic carbocycles. The van der Waals surface area contributed by atoms with E-state index in [9.17, 15) is 4.79 Å². The number of carbonyl (C=O) groups excluding carboxylic acids is 1. The Morgan fingerprint density at radius 3 is 2.45 bits per heavy atom. The van der Waals surface area contributed by atoms with Crippen molar-refractivity contribution >= 4 is 5.97 Å². The fourth-order valence-corrected chi connectivity index (χ4v) is 2.90. The molecule has 5 nitrogen and oxygen atoms in total. The summed E-state index contributed by atoms with van der Waals surface area (Å²) in [6.45, 7) is 8.80. The number of likely N-dealkylation sites (tertiary alicyclic amines) is 1. The maximum atomic E-state index is 11.7. The summed E-state index contributed by atoms with van der Waals surface area (Å²) in [6, 6.07) is 0. The smallest absolute Gasteiger partial charge is 0.320 e. The number of rotatable bonds is 7. The third-order valence-electron chi connectivity index (χ3n) is 4.14. The van der Waals surface area contributed by atoms with Gasteiger partial charge in [0.2, 0.25) is 0 Å². The largest absolute Gasteiger partial charge is 0.465 e. The summed E-state index contributed by atoms with van der Waals surface area (Å²) in [5.41, 5.74) is 0. The van der Waals surface area contributed by atoms with E-state index in [4.69, 9.17) is 4.74 Å². The summed E-state index contributed by atoms with van der Waals surface area (Å²) < 4.78 is 5.32. The number of hydrogen-bond acceptors (Lipinski definition) is 5. The second-order valence-corrected chi connectivity index (χ2v) is 5.86. The van der Waals surface area contributed by atoms with Crippen LogP contribution in [-0.4, -0.2) is 74.7 Å². The molecule has 0 aromatic heterocycles. The van der Waals surface area contributed by atoms with Crippen LogP contribution in [0.15, 0.2) is 0 Å². The van der Waals surface area contributed by atoms with Crippen LogP contribution in [0, 0.1) is 0 Å². The van der Waals surface area contributed by atoms with Gasteiger partial charge in [-0.3, -0.25) is 9.69 Å². The first-order valence-electron chi connectivity index (χ1n) is 8.15. The van der Waals surface area contributed by atoms with Crippen LogP contribution < -0.4 is 5.32 Å². The van der Waals surface area contributed by atoms with Gasteiger partial charge in [0.15, 0.2) is 0 Å². The Hall–Kier alpha value is -0.650. The fourth-order valence-electron chi connectivity index (χ4n) is 2.90. The second-order valence-electron chi connectivity index (χ2n) is 5.86. The van der Waals surface area contributed by atoms with Crippen LogP contribution >= 0.6 is 0 Å². The first-order chi connectivity index (χ1) is 9.84. The Morgan fingerprint density at radius 2 is 1.70 bits per heavy atom. The summed E-state index contributed by atoms with van der Waals surface area (Å²) in [5.74, 6) is -0.0472. The molecule has 2 fully saturated rings. The predicted molar refractivity (Wildman–Crippen MR) is 79.8 cm³/mol. The molecule has 0 aromatic rings. The van der Waals surface area contributed by atoms with Gasteiger partial charge in [0.1, 0.15) is 0 Å². The Bertz CT molecular complexity index is 274. The van der Waals surface area contributed by atoms with Crippen molar-refractivity contribution < 1.29 is 9.53 Å². The van der Waals surface area contributed by atoms with Gasteiger partial charge < -0.3 is 15.0 Å². The van der Waals surface area contributed by atoms with E-state index in [0.717, 1.165) is 58.7 Å². The van der Waals surface area contributed by atoms with Gasteiger partial charge in [0, 0.05) is 26.2 Å². The Labute approximate surface area is 122 Å². The maximum Gasteiger partial charge on any atom is 0.320 e. The number of piperidine rings is 1. The van der Waals surface area contributed by atoms with Crippen molar-refractivity contribution in [3.8, 4) is 0 Å². The van der Waals surface area contributed by atoms with Crippen LogP contribution in [0.4, 0.5) is 0 Å². The number of unbranched alkanes of at least 4 members (excludes halogenated alkanes) is 1. The molecule has 116 valence electrons. The van der Waals surface area contributed by atoms with Gasteiger partial charge in [-0.05, 0) is 45.3 Å². The van der Waals surface area contributed by atoms with Crippen molar-refractivity contribution in [2.75, 3.05) is 59.0 Å². The first-order valence-corrected chi connectivity index (χ1v) is 8.15. The molecule has 0 amide bonds. The number of esters is 1. The molecule has 2 aliphatic rings. The SMILES string of the molecule is O=C(CN1CCCCC1)OCCCCN1CCNCC1. The zero-order chi connectivity index (χ0) is 14.0. The monoisotopic (exact) mass is 283 g/mol. The minimum absolute atomic E-state index is 0.0472. The summed E-state index contributed by atoms with van der Waals surface area (Å²) in [6.07, 6.45) is 5.85. The molecule has 5 heteroatoms. The van der Waals surface area contributed by atoms with Crippen molar-refractivity contribution in [3.63, 3.8) is 0 Å². The predicted octanol–water partition coefficient (Wildman–Crippen LogP) is 0.701. The van der Waals surface area contributed by atoms with Crippen molar-refractivity contribution in [3.05, 3.63) is 0 Å². The molecule has 1 N–H and O–H groups in total. The maximum absolute atomic E-state index is 11.7. The molecule has 0 bridgehead atoms. The van der Waals surface area contributed by atoms with E-state index in [0.29, 0.717) is 13.2 Å². The highest BCUT2D eigenvalue weighted by Crippen LogP contribution is 2.08. The minimum atomic E-state index is -0.0472. The molecular formula is C15H29N3O2. The quantitative estimate of drug-likeness (QED) is 0.550. The van der Waals surface area contributed by atoms with Gasteiger partial charge in [0.05, 0.1) is 13.2 Å². The van der Waals surface area contributed by atoms with Crippen molar-refractivity contribution in [2.24, 2.45) is 0 Å². The third-order valence-corrected chi connectivity index (χ3v) is 4.14. The Morgan fingerprint density at radius 1 is 0.950 bits per heavy atom. The number of nitrogens with zero attached hydrogens (tertiary/aromatic N) is 2. The number of hydrogen-bond donors (Lipinski definition) is 1. The van der Waals surface area contributed by atoms with Crippen molar-refractivity contribution in [1.29, 1.82) is 0 Å². The molecule has 2 rings (SSSR count). The van der Waals surface area contributed by atoms with Crippen LogP contribution in [0.25, 0.3) is 0 Å². The van der Waals surface area contributed by atoms with Gasteiger partial charge in [-0.1, -0.05) is 6.42 Å². The van der Waals surface area contributed by atoms with Gasteiger partial charge in [0.25, 0.3) is 0 Å². The van der Waals surface area contributed by atoms with E-state index in [2.05, 4.69) is 15.1 Å². The van der Waals surface area contributed by atoms with E-state index in [1.54, 1.807) is 0 Å². The fraction of sp³-hybridized carbons (Fsp3) is 0.933. The molecule has 0 aliphatic carbocycles. The standard InChI is InChI=1S/C15H29N3O2/c19-15(14-18-9-2-1-3-10-18)20-13-5-4-8-17-11-6-16-7-12-17/h16H,1-14H2. The Kier molecular flexibility index (Phi) is 7.33. The highest BCUT2D eigenvalue weighted by atomic mass is 16.5. The van der Waals surface area contributed by atoms with Crippen LogP contribution in [0.1, 0.15) is 32.1 Å². The number of ether oxygens (including phenoxy) is 1. The minimum Gasteiger partial charge on any atom is -0.465 e. The summed E-state index contributed by atoms with van der Waals surface area (Å²) in [7, 11) is 0. The lowest BCUT2D eigenvalue weighted by Gasteiger charge is -2.27. The molecule has 0 radical (unpaired) electrons. The molecular weight excluding hydrogens is 254 g/mol. The average molecular weight is 283 g/mol. The van der Waals surface area contributed by atoms with Crippen LogP contribution in [0.5, 0.6) is 0 Å². The third kappa shape index (κ3) is 6.20. The molecule has 0 unspecified atom stereocenters. The molecule has 2 heterocycles. The topological polar surface area (TPSA) is 44.8 Å². The summed E-state index contributed by atoms with van der Waals surface area (Å²) in [5, 5.41) is 3.35. The van der Waals surface area contributed by atoms with Crippen LogP contribution in [-0.2, 0) is 9.53 Å². The highest BCUT2D eigenvalue weighted by Gasteiger charge is 2.14. The van der Waals surface area contributed by atoms with E-state index >= 15 is 0 Å². The second kappa shape index (κ2) is 9.32. The van der Waals surface area contributed by atoms with E-state index < -0.39 is 0 Å². The summed E-state index contributed by atoms with van der Waals surface area (Å²) in [4.78, 5) is 16.4. The Balaban J connectivity index is 1.44. The average Bonchev–Trinajstić information content (AvgIpc) is 2.49. The number of carbonyl (C=O) groups is 1. The summed E-state index contributed by atoms with van der Waals surface area (Å²) >= 11 is 0. The number of piperazine rings is 1. The van der Waals surface area contributed by atoms with Gasteiger partial charge >= 0.3 is 5.97 Å². The zero-order valence-electron chi connectivity index (χ0n) is 12.6. The molecule has 0 atom stereocenters. The van der Waals surface area contributed by atoms with Gasteiger partial charge in [-0.2, -0.15) is 0 Å². The van der Waals surface area contributed by atoms with Crippen molar-refractivity contribution in [2.45, 2.75) is 32.1 Å². The van der Waals surface area contributed by atoms with Gasteiger partial charge in [-0.25, -0.2) is 0 Å². The lowest BCUT2D eigenvalue weighted by Crippen LogP contribution is -2.43. The normalized spacial score (nSPS) is 21.8. The molecule has 0 saturated carbocycles.